The number of nitrogens with zero attached hydrogens (tertiary/aromatic N) is 6. The number of aromatic nitrogens is 7. The minimum Gasteiger partial charge on any atom is -0.290 e. The Morgan fingerprint density at radius 1 is 1.06 bits per heavy atom. The number of hydrogen-bond acceptors (Lipinski definition) is 5. The molecule has 1 aliphatic rings. The van der Waals surface area contributed by atoms with Crippen LogP contribution in [0.1, 0.15) is 75.6 Å². The van der Waals surface area contributed by atoms with E-state index in [1.807, 2.05) is 15.2 Å². The second kappa shape index (κ2) is 11.2. The molecule has 0 atom stereocenters. The zero-order valence-electron chi connectivity index (χ0n) is 20.7. The molecule has 0 saturated heterocycles. The van der Waals surface area contributed by atoms with Crippen LogP contribution in [0.3, 0.4) is 0 Å². The lowest BCUT2D eigenvalue weighted by Gasteiger charge is -2.22. The fourth-order valence-electron chi connectivity index (χ4n) is 5.26. The molecule has 0 spiro atoms. The minimum atomic E-state index is 0.0247. The van der Waals surface area contributed by atoms with Gasteiger partial charge >= 0.3 is 5.69 Å². The van der Waals surface area contributed by atoms with Gasteiger partial charge in [0.1, 0.15) is 5.15 Å². The number of rotatable bonds is 9. The number of hydrogen-bond donors (Lipinski definition) is 1. The molecule has 1 fully saturated rings. The van der Waals surface area contributed by atoms with E-state index in [0.29, 0.717) is 17.5 Å². The monoisotopic (exact) mass is 505 g/mol. The van der Waals surface area contributed by atoms with Gasteiger partial charge in [0.15, 0.2) is 5.82 Å². The summed E-state index contributed by atoms with van der Waals surface area (Å²) in [5, 5.41) is 14.9. The topological polar surface area (TPSA) is 94.3 Å². The van der Waals surface area contributed by atoms with Crippen molar-refractivity contribution in [1.82, 2.24) is 34.7 Å². The van der Waals surface area contributed by atoms with Crippen LogP contribution in [0.25, 0.3) is 22.5 Å². The third-order valence-electron chi connectivity index (χ3n) is 7.20. The number of unbranched alkanes of at least 4 members (excludes halogenated alkanes) is 2. The lowest BCUT2D eigenvalue weighted by atomic mass is 9.95. The van der Waals surface area contributed by atoms with Crippen LogP contribution in [0, 0.1) is 0 Å². The van der Waals surface area contributed by atoms with E-state index < -0.39 is 0 Å². The average molecular weight is 506 g/mol. The molecule has 0 radical (unpaired) electrons. The number of halogens is 1. The standard InChI is InChI=1S/C27H32ClN7O/c1-2-3-5-10-24-25(28)35(21-8-6-4-7-9-21)27(36)34(24)18-19-11-13-20(14-12-19)22-15-16-29-17-23(22)26-30-32-33-31-26/h11-17,21H,2-10,18H2,1H3,(H,30,31,32,33). The van der Waals surface area contributed by atoms with Crippen molar-refractivity contribution < 1.29 is 0 Å². The maximum atomic E-state index is 13.6. The molecule has 36 heavy (non-hydrogen) atoms. The van der Waals surface area contributed by atoms with Crippen LogP contribution < -0.4 is 5.69 Å². The summed E-state index contributed by atoms with van der Waals surface area (Å²) in [7, 11) is 0. The molecule has 8 nitrogen and oxygen atoms in total. The van der Waals surface area contributed by atoms with E-state index in [-0.39, 0.29) is 11.7 Å². The Bertz CT molecular complexity index is 1340. The van der Waals surface area contributed by atoms with Crippen molar-refractivity contribution in [2.75, 3.05) is 0 Å². The van der Waals surface area contributed by atoms with E-state index in [9.17, 15) is 4.79 Å². The predicted octanol–water partition coefficient (Wildman–Crippen LogP) is 5.83. The smallest absolute Gasteiger partial charge is 0.290 e. The quantitative estimate of drug-likeness (QED) is 0.289. The molecule has 1 aromatic carbocycles. The SMILES string of the molecule is CCCCCc1c(Cl)n(C2CCCCC2)c(=O)n1Cc1ccc(-c2ccncc2-c2nnn[nH]2)cc1. The van der Waals surface area contributed by atoms with E-state index in [1.54, 1.807) is 12.4 Å². The normalized spacial score (nSPS) is 14.4. The fraction of sp³-hybridized carbons (Fsp3) is 0.444. The van der Waals surface area contributed by atoms with Crippen molar-refractivity contribution in [3.63, 3.8) is 0 Å². The van der Waals surface area contributed by atoms with Gasteiger partial charge in [0.2, 0.25) is 0 Å². The molecule has 4 aromatic rings. The number of benzene rings is 1. The lowest BCUT2D eigenvalue weighted by Crippen LogP contribution is -2.29. The molecule has 0 amide bonds. The largest absolute Gasteiger partial charge is 0.330 e. The zero-order valence-corrected chi connectivity index (χ0v) is 21.4. The summed E-state index contributed by atoms with van der Waals surface area (Å²) < 4.78 is 3.78. The number of nitrogens with one attached hydrogen (secondary N) is 1. The summed E-state index contributed by atoms with van der Waals surface area (Å²) in [6.07, 6.45) is 13.2. The van der Waals surface area contributed by atoms with Gasteiger partial charge < -0.3 is 0 Å². The zero-order chi connectivity index (χ0) is 24.9. The first-order chi connectivity index (χ1) is 17.7. The molecular weight excluding hydrogens is 474 g/mol. The second-order valence-electron chi connectivity index (χ2n) is 9.59. The number of aromatic amines is 1. The molecule has 3 heterocycles. The van der Waals surface area contributed by atoms with Gasteiger partial charge in [0, 0.05) is 24.0 Å². The Morgan fingerprint density at radius 2 is 1.86 bits per heavy atom. The molecule has 3 aromatic heterocycles. The summed E-state index contributed by atoms with van der Waals surface area (Å²) in [5.74, 6) is 0.573. The maximum absolute atomic E-state index is 13.6. The van der Waals surface area contributed by atoms with Crippen LogP contribution in [0.4, 0.5) is 0 Å². The second-order valence-corrected chi connectivity index (χ2v) is 9.95. The third kappa shape index (κ3) is 5.00. The molecule has 1 saturated carbocycles. The molecule has 5 rings (SSSR count). The number of pyridine rings is 1. The summed E-state index contributed by atoms with van der Waals surface area (Å²) in [6.45, 7) is 2.70. The number of H-pyrrole nitrogens is 1. The highest BCUT2D eigenvalue weighted by molar-refractivity contribution is 6.30. The van der Waals surface area contributed by atoms with E-state index in [1.165, 1.54) is 6.42 Å². The fourth-order valence-corrected chi connectivity index (χ4v) is 5.67. The Balaban J connectivity index is 1.45. The van der Waals surface area contributed by atoms with Gasteiger partial charge in [-0.25, -0.2) is 9.89 Å². The third-order valence-corrected chi connectivity index (χ3v) is 7.60. The Hall–Kier alpha value is -3.26. The van der Waals surface area contributed by atoms with E-state index >= 15 is 0 Å². The first kappa shape index (κ1) is 24.4. The lowest BCUT2D eigenvalue weighted by molar-refractivity contribution is 0.344. The number of imidazole rings is 1. The molecule has 0 bridgehead atoms. The van der Waals surface area contributed by atoms with Gasteiger partial charge in [-0.15, -0.1) is 5.10 Å². The van der Waals surface area contributed by atoms with Gasteiger partial charge in [0.05, 0.1) is 12.2 Å². The first-order valence-corrected chi connectivity index (χ1v) is 13.3. The minimum absolute atomic E-state index is 0.0247. The molecule has 9 heteroatoms. The average Bonchev–Trinajstić information content (AvgIpc) is 3.53. The van der Waals surface area contributed by atoms with Gasteiger partial charge in [-0.2, -0.15) is 0 Å². The van der Waals surface area contributed by atoms with Crippen LogP contribution in [0.15, 0.2) is 47.5 Å². The van der Waals surface area contributed by atoms with Crippen molar-refractivity contribution in [2.45, 2.75) is 77.3 Å². The van der Waals surface area contributed by atoms with Gasteiger partial charge in [0.25, 0.3) is 0 Å². The van der Waals surface area contributed by atoms with Crippen LogP contribution >= 0.6 is 11.6 Å². The van der Waals surface area contributed by atoms with Gasteiger partial charge in [-0.1, -0.05) is 74.9 Å². The molecular formula is C27H32ClN7O. The van der Waals surface area contributed by atoms with Crippen molar-refractivity contribution in [3.8, 4) is 22.5 Å². The van der Waals surface area contributed by atoms with E-state index in [4.69, 9.17) is 11.6 Å². The Morgan fingerprint density at radius 3 is 2.58 bits per heavy atom. The summed E-state index contributed by atoms with van der Waals surface area (Å²) in [5.41, 5.74) is 4.91. The highest BCUT2D eigenvalue weighted by Gasteiger charge is 2.25. The summed E-state index contributed by atoms with van der Waals surface area (Å²) in [6, 6.07) is 10.5. The van der Waals surface area contributed by atoms with Crippen molar-refractivity contribution in [2.24, 2.45) is 0 Å². The highest BCUT2D eigenvalue weighted by Crippen LogP contribution is 2.32. The Labute approximate surface area is 215 Å². The molecule has 0 unspecified atom stereocenters. The van der Waals surface area contributed by atoms with Gasteiger partial charge in [-0.3, -0.25) is 14.1 Å². The highest BCUT2D eigenvalue weighted by atomic mass is 35.5. The van der Waals surface area contributed by atoms with Crippen LogP contribution in [-0.4, -0.2) is 34.7 Å². The maximum Gasteiger partial charge on any atom is 0.330 e. The molecule has 1 N–H and O–H groups in total. The van der Waals surface area contributed by atoms with Crippen LogP contribution in [-0.2, 0) is 13.0 Å². The van der Waals surface area contributed by atoms with Gasteiger partial charge in [-0.05, 0) is 58.9 Å². The molecule has 1 aliphatic carbocycles. The number of tetrazole rings is 1. The van der Waals surface area contributed by atoms with Crippen molar-refractivity contribution in [1.29, 1.82) is 0 Å². The predicted molar refractivity (Wildman–Crippen MR) is 141 cm³/mol. The summed E-state index contributed by atoms with van der Waals surface area (Å²) in [4.78, 5) is 17.9. The summed E-state index contributed by atoms with van der Waals surface area (Å²) >= 11 is 6.90. The van der Waals surface area contributed by atoms with E-state index in [2.05, 4.69) is 56.8 Å². The molecule has 0 aliphatic heterocycles. The first-order valence-electron chi connectivity index (χ1n) is 12.9. The Kier molecular flexibility index (Phi) is 7.60. The van der Waals surface area contributed by atoms with Crippen LogP contribution in [0.2, 0.25) is 5.15 Å². The van der Waals surface area contributed by atoms with Crippen molar-refractivity contribution >= 4 is 11.6 Å². The molecule has 188 valence electrons. The van der Waals surface area contributed by atoms with Crippen LogP contribution in [0.5, 0.6) is 0 Å². The van der Waals surface area contributed by atoms with E-state index in [0.717, 1.165) is 79.3 Å². The van der Waals surface area contributed by atoms with Crippen molar-refractivity contribution in [3.05, 3.63) is 69.6 Å².